The summed E-state index contributed by atoms with van der Waals surface area (Å²) in [6, 6.07) is 0.761. The minimum atomic E-state index is -4.79. The van der Waals surface area contributed by atoms with Crippen LogP contribution in [-0.2, 0) is 17.1 Å². The van der Waals surface area contributed by atoms with Gasteiger partial charge in [0.1, 0.15) is 5.56 Å². The molecule has 0 radical (unpaired) electrons. The van der Waals surface area contributed by atoms with Crippen molar-refractivity contribution in [3.63, 3.8) is 0 Å². The van der Waals surface area contributed by atoms with Gasteiger partial charge < -0.3 is 9.80 Å². The number of anilines is 1. The van der Waals surface area contributed by atoms with Crippen molar-refractivity contribution in [2.24, 2.45) is 0 Å². The molecule has 1 amide bonds. The van der Waals surface area contributed by atoms with Gasteiger partial charge in [-0.2, -0.15) is 31.4 Å². The van der Waals surface area contributed by atoms with Gasteiger partial charge in [0, 0.05) is 70.5 Å². The Morgan fingerprint density at radius 1 is 1.00 bits per heavy atom. The van der Waals surface area contributed by atoms with E-state index < -0.39 is 35.0 Å². The van der Waals surface area contributed by atoms with E-state index in [4.69, 9.17) is 0 Å². The van der Waals surface area contributed by atoms with Crippen molar-refractivity contribution in [1.29, 1.82) is 0 Å². The van der Waals surface area contributed by atoms with Crippen molar-refractivity contribution in [3.8, 4) is 0 Å². The highest BCUT2D eigenvalue weighted by Gasteiger charge is 2.36. The summed E-state index contributed by atoms with van der Waals surface area (Å²) in [6.07, 6.45) is -6.41. The molecule has 4 rings (SSSR count). The standard InChI is InChI=1S/C22H25F6N7O2/c23-21(24,25)15-11-29-20(30-12-15)34-8-6-33(7-9-34)5-3-18(36)35-4-1-2-14(13-35)17-10-16(22(26,27)28)19(37)32-31-17/h10-12,14H,1-9,13H2,(H,32,37). The van der Waals surface area contributed by atoms with Crippen molar-refractivity contribution >= 4 is 11.9 Å². The summed E-state index contributed by atoms with van der Waals surface area (Å²) >= 11 is 0. The molecular formula is C22H25F6N7O2. The fraction of sp³-hybridized carbons (Fsp3) is 0.591. The van der Waals surface area contributed by atoms with Gasteiger partial charge >= 0.3 is 12.4 Å². The molecule has 4 heterocycles. The molecule has 0 aliphatic carbocycles. The molecule has 2 aliphatic rings. The van der Waals surface area contributed by atoms with E-state index in [1.165, 1.54) is 0 Å². The Kier molecular flexibility index (Phi) is 7.71. The molecule has 0 saturated carbocycles. The number of halogens is 6. The fourth-order valence-electron chi connectivity index (χ4n) is 4.50. The van der Waals surface area contributed by atoms with Crippen molar-refractivity contribution in [3.05, 3.63) is 45.6 Å². The van der Waals surface area contributed by atoms with Gasteiger partial charge in [-0.05, 0) is 18.9 Å². The summed E-state index contributed by atoms with van der Waals surface area (Å²) < 4.78 is 77.3. The molecule has 37 heavy (non-hydrogen) atoms. The normalized spacial score (nSPS) is 19.8. The van der Waals surface area contributed by atoms with Crippen LogP contribution in [0.15, 0.2) is 23.3 Å². The van der Waals surface area contributed by atoms with E-state index in [9.17, 15) is 35.9 Å². The smallest absolute Gasteiger partial charge is 0.342 e. The van der Waals surface area contributed by atoms with E-state index in [0.29, 0.717) is 52.1 Å². The Labute approximate surface area is 207 Å². The first kappa shape index (κ1) is 26.8. The molecular weight excluding hydrogens is 508 g/mol. The Morgan fingerprint density at radius 3 is 2.30 bits per heavy atom. The second-order valence-corrected chi connectivity index (χ2v) is 9.06. The molecule has 202 valence electrons. The van der Waals surface area contributed by atoms with Crippen LogP contribution in [-0.4, -0.2) is 81.7 Å². The number of carbonyl (C=O) groups excluding carboxylic acids is 1. The predicted molar refractivity (Wildman–Crippen MR) is 119 cm³/mol. The van der Waals surface area contributed by atoms with Crippen LogP contribution in [0.5, 0.6) is 0 Å². The van der Waals surface area contributed by atoms with E-state index in [1.54, 1.807) is 9.80 Å². The van der Waals surface area contributed by atoms with Crippen molar-refractivity contribution < 1.29 is 31.1 Å². The highest BCUT2D eigenvalue weighted by molar-refractivity contribution is 5.76. The maximum absolute atomic E-state index is 13.1. The van der Waals surface area contributed by atoms with E-state index in [2.05, 4.69) is 20.0 Å². The maximum Gasteiger partial charge on any atom is 0.421 e. The first-order chi connectivity index (χ1) is 17.4. The number of H-pyrrole nitrogens is 1. The third kappa shape index (κ3) is 6.56. The molecule has 2 saturated heterocycles. The number of likely N-dealkylation sites (tertiary alicyclic amines) is 1. The van der Waals surface area contributed by atoms with Crippen LogP contribution in [0.3, 0.4) is 0 Å². The van der Waals surface area contributed by atoms with Crippen LogP contribution in [0.1, 0.15) is 42.0 Å². The number of nitrogens with zero attached hydrogens (tertiary/aromatic N) is 6. The van der Waals surface area contributed by atoms with Crippen molar-refractivity contribution in [2.45, 2.75) is 37.5 Å². The zero-order chi connectivity index (χ0) is 26.8. The number of rotatable bonds is 5. The molecule has 0 spiro atoms. The topological polar surface area (TPSA) is 98.3 Å². The molecule has 1 unspecified atom stereocenters. The Hall–Kier alpha value is -3.23. The van der Waals surface area contributed by atoms with Crippen LogP contribution in [0.25, 0.3) is 0 Å². The predicted octanol–water partition coefficient (Wildman–Crippen LogP) is 2.52. The molecule has 1 atom stereocenters. The SMILES string of the molecule is O=C(CCN1CCN(c2ncc(C(F)(F)F)cn2)CC1)N1CCCC(c2cc(C(F)(F)F)c(=O)[nH]n2)C1. The lowest BCUT2D eigenvalue weighted by molar-refractivity contribution is -0.139. The molecule has 0 bridgehead atoms. The van der Waals surface area contributed by atoms with Gasteiger partial charge in [0.15, 0.2) is 0 Å². The number of piperidine rings is 1. The Balaban J connectivity index is 1.26. The molecule has 2 aliphatic heterocycles. The largest absolute Gasteiger partial charge is 0.421 e. The lowest BCUT2D eigenvalue weighted by Crippen LogP contribution is -2.48. The summed E-state index contributed by atoms with van der Waals surface area (Å²) in [5.74, 6) is -0.325. The lowest BCUT2D eigenvalue weighted by Gasteiger charge is -2.36. The zero-order valence-corrected chi connectivity index (χ0v) is 19.6. The Bertz CT molecular complexity index is 1140. The van der Waals surface area contributed by atoms with Gasteiger partial charge in [-0.1, -0.05) is 0 Å². The van der Waals surface area contributed by atoms with E-state index in [1.807, 2.05) is 5.10 Å². The number of piperazine rings is 1. The summed E-state index contributed by atoms with van der Waals surface area (Å²) in [6.45, 7) is 3.30. The number of nitrogens with one attached hydrogen (secondary N) is 1. The number of alkyl halides is 6. The van der Waals surface area contributed by atoms with Gasteiger partial charge in [-0.15, -0.1) is 0 Å². The van der Waals surface area contributed by atoms with Crippen LogP contribution < -0.4 is 10.5 Å². The number of aromatic amines is 1. The third-order valence-corrected chi connectivity index (χ3v) is 6.58. The lowest BCUT2D eigenvalue weighted by atomic mass is 9.93. The summed E-state index contributed by atoms with van der Waals surface area (Å²) in [7, 11) is 0. The average Bonchev–Trinajstić information content (AvgIpc) is 2.87. The van der Waals surface area contributed by atoms with Gasteiger partial charge in [0.25, 0.3) is 5.56 Å². The molecule has 2 aromatic rings. The summed E-state index contributed by atoms with van der Waals surface area (Å²) in [5, 5.41) is 5.69. The Morgan fingerprint density at radius 2 is 1.68 bits per heavy atom. The van der Waals surface area contributed by atoms with Gasteiger partial charge in [0.05, 0.1) is 11.3 Å². The van der Waals surface area contributed by atoms with E-state index >= 15 is 0 Å². The quantitative estimate of drug-likeness (QED) is 0.590. The van der Waals surface area contributed by atoms with Crippen molar-refractivity contribution in [1.82, 2.24) is 30.0 Å². The van der Waals surface area contributed by atoms with Crippen LogP contribution in [0.4, 0.5) is 32.3 Å². The minimum Gasteiger partial charge on any atom is -0.342 e. The summed E-state index contributed by atoms with van der Waals surface area (Å²) in [4.78, 5) is 37.4. The molecule has 2 aromatic heterocycles. The molecule has 15 heteroatoms. The molecule has 1 N–H and O–H groups in total. The second kappa shape index (κ2) is 10.6. The molecule has 0 aromatic carbocycles. The minimum absolute atomic E-state index is 0.103. The van der Waals surface area contributed by atoms with E-state index in [0.717, 1.165) is 18.5 Å². The number of carbonyl (C=O) groups is 1. The van der Waals surface area contributed by atoms with Gasteiger partial charge in [-0.3, -0.25) is 14.5 Å². The third-order valence-electron chi connectivity index (χ3n) is 6.58. The van der Waals surface area contributed by atoms with E-state index in [-0.39, 0.29) is 30.5 Å². The first-order valence-corrected chi connectivity index (χ1v) is 11.7. The number of hydrogen-bond donors (Lipinski definition) is 1. The first-order valence-electron chi connectivity index (χ1n) is 11.7. The van der Waals surface area contributed by atoms with Gasteiger partial charge in [0.2, 0.25) is 11.9 Å². The molecule has 9 nitrogen and oxygen atoms in total. The highest BCUT2D eigenvalue weighted by atomic mass is 19.4. The second-order valence-electron chi connectivity index (χ2n) is 9.06. The monoisotopic (exact) mass is 533 g/mol. The number of amides is 1. The number of aromatic nitrogens is 4. The summed E-state index contributed by atoms with van der Waals surface area (Å²) in [5.41, 5.74) is -3.41. The van der Waals surface area contributed by atoms with Crippen LogP contribution >= 0.6 is 0 Å². The molecule has 2 fully saturated rings. The van der Waals surface area contributed by atoms with Crippen LogP contribution in [0, 0.1) is 0 Å². The van der Waals surface area contributed by atoms with Crippen molar-refractivity contribution in [2.75, 3.05) is 50.7 Å². The zero-order valence-electron chi connectivity index (χ0n) is 19.6. The van der Waals surface area contributed by atoms with Gasteiger partial charge in [-0.25, -0.2) is 15.1 Å². The fourth-order valence-corrected chi connectivity index (χ4v) is 4.50. The average molecular weight is 533 g/mol. The van der Waals surface area contributed by atoms with Crippen LogP contribution in [0.2, 0.25) is 0 Å². The number of hydrogen-bond acceptors (Lipinski definition) is 7. The maximum atomic E-state index is 13.1. The highest BCUT2D eigenvalue weighted by Crippen LogP contribution is 2.31.